The number of anilines is 1. The highest BCUT2D eigenvalue weighted by atomic mass is 16.5. The summed E-state index contributed by atoms with van der Waals surface area (Å²) in [5.41, 5.74) is 3.19. The quantitative estimate of drug-likeness (QED) is 0.860. The summed E-state index contributed by atoms with van der Waals surface area (Å²) in [6, 6.07) is 5.96. The van der Waals surface area contributed by atoms with E-state index in [9.17, 15) is 4.79 Å². The van der Waals surface area contributed by atoms with Crippen molar-refractivity contribution in [2.75, 3.05) is 5.32 Å². The Morgan fingerprint density at radius 3 is 2.94 bits per heavy atom. The van der Waals surface area contributed by atoms with Gasteiger partial charge in [0, 0.05) is 11.7 Å². The minimum Gasteiger partial charge on any atom is -0.372 e. The van der Waals surface area contributed by atoms with Crippen LogP contribution in [0.2, 0.25) is 0 Å². The van der Waals surface area contributed by atoms with Crippen LogP contribution in [-0.4, -0.2) is 12.1 Å². The molecule has 18 heavy (non-hydrogen) atoms. The number of nitrogens with one attached hydrogen (secondary N) is 2. The molecule has 0 spiro atoms. The van der Waals surface area contributed by atoms with Crippen molar-refractivity contribution in [2.24, 2.45) is 0 Å². The number of hydrogen-bond acceptors (Lipinski definition) is 2. The SMILES string of the molecule is CCC[C@H](C)NC(=O)Nc1ccc2c(c1)COC2. The Labute approximate surface area is 108 Å². The largest absolute Gasteiger partial charge is 0.372 e. The summed E-state index contributed by atoms with van der Waals surface area (Å²) in [6.45, 7) is 5.43. The second-order valence-corrected chi connectivity index (χ2v) is 4.76. The van der Waals surface area contributed by atoms with Gasteiger partial charge in [0.1, 0.15) is 0 Å². The molecule has 0 fully saturated rings. The Balaban J connectivity index is 1.91. The van der Waals surface area contributed by atoms with Gasteiger partial charge in [-0.1, -0.05) is 19.4 Å². The smallest absolute Gasteiger partial charge is 0.319 e. The summed E-state index contributed by atoms with van der Waals surface area (Å²) >= 11 is 0. The number of rotatable bonds is 4. The Morgan fingerprint density at radius 2 is 2.17 bits per heavy atom. The molecule has 0 radical (unpaired) electrons. The number of benzene rings is 1. The summed E-state index contributed by atoms with van der Waals surface area (Å²) in [6.07, 6.45) is 2.06. The number of ether oxygens (including phenoxy) is 1. The van der Waals surface area contributed by atoms with Gasteiger partial charge in [0.15, 0.2) is 0 Å². The maximum absolute atomic E-state index is 11.7. The van der Waals surface area contributed by atoms with Gasteiger partial charge in [-0.3, -0.25) is 0 Å². The van der Waals surface area contributed by atoms with Crippen LogP contribution in [0.3, 0.4) is 0 Å². The lowest BCUT2D eigenvalue weighted by Gasteiger charge is -2.14. The Morgan fingerprint density at radius 1 is 1.39 bits per heavy atom. The van der Waals surface area contributed by atoms with Crippen molar-refractivity contribution in [1.29, 1.82) is 0 Å². The molecule has 1 aromatic carbocycles. The third kappa shape index (κ3) is 3.23. The van der Waals surface area contributed by atoms with Gasteiger partial charge in [-0.15, -0.1) is 0 Å². The zero-order chi connectivity index (χ0) is 13.0. The molecule has 2 rings (SSSR count). The van der Waals surface area contributed by atoms with Gasteiger partial charge in [0.2, 0.25) is 0 Å². The Kier molecular flexibility index (Phi) is 4.20. The number of carbonyl (C=O) groups is 1. The maximum Gasteiger partial charge on any atom is 0.319 e. The van der Waals surface area contributed by atoms with Crippen molar-refractivity contribution in [3.8, 4) is 0 Å². The molecule has 0 aromatic heterocycles. The summed E-state index contributed by atoms with van der Waals surface area (Å²) < 4.78 is 5.34. The van der Waals surface area contributed by atoms with Crippen LogP contribution < -0.4 is 10.6 Å². The van der Waals surface area contributed by atoms with Crippen LogP contribution in [0.4, 0.5) is 10.5 Å². The second-order valence-electron chi connectivity index (χ2n) is 4.76. The zero-order valence-corrected chi connectivity index (χ0v) is 11.0. The predicted octanol–water partition coefficient (Wildman–Crippen LogP) is 3.03. The standard InChI is InChI=1S/C14H20N2O2/c1-3-4-10(2)15-14(17)16-13-6-5-11-8-18-9-12(11)7-13/h5-7,10H,3-4,8-9H2,1-2H3,(H2,15,16,17)/t10-/m0/s1. The van der Waals surface area contributed by atoms with Crippen LogP contribution in [-0.2, 0) is 18.0 Å². The molecule has 0 saturated heterocycles. The zero-order valence-electron chi connectivity index (χ0n) is 11.0. The van der Waals surface area contributed by atoms with Crippen LogP contribution in [0.25, 0.3) is 0 Å². The minimum atomic E-state index is -0.144. The van der Waals surface area contributed by atoms with Crippen LogP contribution >= 0.6 is 0 Å². The average Bonchev–Trinajstić information content (AvgIpc) is 2.76. The van der Waals surface area contributed by atoms with Crippen molar-refractivity contribution < 1.29 is 9.53 Å². The van der Waals surface area contributed by atoms with Gasteiger partial charge in [-0.2, -0.15) is 0 Å². The normalized spacial score (nSPS) is 15.0. The van der Waals surface area contributed by atoms with Crippen molar-refractivity contribution in [3.63, 3.8) is 0 Å². The van der Waals surface area contributed by atoms with Gasteiger partial charge >= 0.3 is 6.03 Å². The summed E-state index contributed by atoms with van der Waals surface area (Å²) in [4.78, 5) is 11.7. The van der Waals surface area contributed by atoms with Crippen molar-refractivity contribution >= 4 is 11.7 Å². The molecule has 1 atom stereocenters. The monoisotopic (exact) mass is 248 g/mol. The highest BCUT2D eigenvalue weighted by Crippen LogP contribution is 2.23. The van der Waals surface area contributed by atoms with Crippen LogP contribution in [0.5, 0.6) is 0 Å². The molecule has 98 valence electrons. The molecular weight excluding hydrogens is 228 g/mol. The van der Waals surface area contributed by atoms with Gasteiger partial charge < -0.3 is 15.4 Å². The molecule has 4 heteroatoms. The lowest BCUT2D eigenvalue weighted by atomic mass is 10.1. The lowest BCUT2D eigenvalue weighted by molar-refractivity contribution is 0.134. The highest BCUT2D eigenvalue weighted by molar-refractivity contribution is 5.89. The molecule has 1 aromatic rings. The molecule has 2 amide bonds. The van der Waals surface area contributed by atoms with Crippen molar-refractivity contribution in [2.45, 2.75) is 45.9 Å². The topological polar surface area (TPSA) is 50.4 Å². The van der Waals surface area contributed by atoms with Crippen LogP contribution in [0.15, 0.2) is 18.2 Å². The summed E-state index contributed by atoms with van der Waals surface area (Å²) in [7, 11) is 0. The second kappa shape index (κ2) is 5.87. The van der Waals surface area contributed by atoms with E-state index < -0.39 is 0 Å². The minimum absolute atomic E-state index is 0.144. The number of urea groups is 1. The van der Waals surface area contributed by atoms with Gasteiger partial charge in [0.25, 0.3) is 0 Å². The number of fused-ring (bicyclic) bond motifs is 1. The fourth-order valence-corrected chi connectivity index (χ4v) is 2.15. The number of amides is 2. The molecule has 2 N–H and O–H groups in total. The lowest BCUT2D eigenvalue weighted by Crippen LogP contribution is -2.35. The third-order valence-corrected chi connectivity index (χ3v) is 3.08. The first-order chi connectivity index (χ1) is 8.69. The van der Waals surface area contributed by atoms with E-state index in [1.54, 1.807) is 0 Å². The van der Waals surface area contributed by atoms with Crippen LogP contribution in [0.1, 0.15) is 37.8 Å². The van der Waals surface area contributed by atoms with E-state index in [2.05, 4.69) is 17.6 Å². The molecule has 1 heterocycles. The first-order valence-electron chi connectivity index (χ1n) is 6.46. The molecule has 0 aliphatic carbocycles. The van der Waals surface area contributed by atoms with Gasteiger partial charge in [-0.25, -0.2) is 4.79 Å². The molecule has 0 unspecified atom stereocenters. The van der Waals surface area contributed by atoms with Gasteiger partial charge in [-0.05, 0) is 36.6 Å². The number of carbonyl (C=O) groups excluding carboxylic acids is 1. The molecule has 4 nitrogen and oxygen atoms in total. The van der Waals surface area contributed by atoms with E-state index >= 15 is 0 Å². The molecule has 0 bridgehead atoms. The van der Waals surface area contributed by atoms with E-state index in [1.165, 1.54) is 5.56 Å². The molecule has 1 aliphatic heterocycles. The average molecular weight is 248 g/mol. The van der Waals surface area contributed by atoms with Crippen molar-refractivity contribution in [3.05, 3.63) is 29.3 Å². The third-order valence-electron chi connectivity index (χ3n) is 3.08. The maximum atomic E-state index is 11.7. The first-order valence-corrected chi connectivity index (χ1v) is 6.46. The fraction of sp³-hybridized carbons (Fsp3) is 0.500. The van der Waals surface area contributed by atoms with Crippen molar-refractivity contribution in [1.82, 2.24) is 5.32 Å². The van der Waals surface area contributed by atoms with E-state index in [0.29, 0.717) is 13.2 Å². The van der Waals surface area contributed by atoms with E-state index in [-0.39, 0.29) is 12.1 Å². The summed E-state index contributed by atoms with van der Waals surface area (Å²) in [5.74, 6) is 0. The fourth-order valence-electron chi connectivity index (χ4n) is 2.15. The molecular formula is C14H20N2O2. The number of hydrogen-bond donors (Lipinski definition) is 2. The Hall–Kier alpha value is -1.55. The molecule has 0 saturated carbocycles. The predicted molar refractivity (Wildman–Crippen MR) is 71.5 cm³/mol. The Bertz CT molecular complexity index is 432. The first kappa shape index (κ1) is 12.9. The van der Waals surface area contributed by atoms with E-state index in [4.69, 9.17) is 4.74 Å². The summed E-state index contributed by atoms with van der Waals surface area (Å²) in [5, 5.41) is 5.77. The van der Waals surface area contributed by atoms with Crippen LogP contribution in [0, 0.1) is 0 Å². The van der Waals surface area contributed by atoms with E-state index in [1.807, 2.05) is 25.1 Å². The molecule has 1 aliphatic rings. The highest BCUT2D eigenvalue weighted by Gasteiger charge is 2.12. The van der Waals surface area contributed by atoms with Gasteiger partial charge in [0.05, 0.1) is 13.2 Å². The van der Waals surface area contributed by atoms with E-state index in [0.717, 1.165) is 24.1 Å².